The van der Waals surface area contributed by atoms with E-state index in [1.165, 1.54) is 0 Å². The number of ether oxygens (including phenoxy) is 1. The van der Waals surface area contributed by atoms with Crippen molar-refractivity contribution in [2.45, 2.75) is 171 Å². The summed E-state index contributed by atoms with van der Waals surface area (Å²) in [5.74, 6) is -1.51. The molecule has 6 N–H and O–H groups in total. The molecule has 0 saturated carbocycles. The van der Waals surface area contributed by atoms with Gasteiger partial charge in [0.1, 0.15) is 40.5 Å². The van der Waals surface area contributed by atoms with Crippen LogP contribution in [0.5, 0.6) is 0 Å². The molecule has 20 nitrogen and oxygen atoms in total. The highest BCUT2D eigenvalue weighted by molar-refractivity contribution is 5.84. The number of rotatable bonds is 25. The molecular weight excluding hydrogens is 1390 g/mol. The van der Waals surface area contributed by atoms with Gasteiger partial charge in [-0.05, 0) is 125 Å². The average molecular weight is 1480 g/mol. The Hall–Kier alpha value is -8.60. The summed E-state index contributed by atoms with van der Waals surface area (Å²) in [5.41, 5.74) is 5.03. The number of carbonyl (C=O) groups is 4. The number of aliphatic hydroxyl groups is 3. The third-order valence-electron chi connectivity index (χ3n) is 22.0. The number of amides is 4. The molecule has 3 saturated heterocycles. The van der Waals surface area contributed by atoms with Crippen LogP contribution in [0.4, 0.5) is 26.3 Å². The normalized spacial score (nSPS) is 21.9. The van der Waals surface area contributed by atoms with Crippen molar-refractivity contribution in [2.75, 3.05) is 65.4 Å². The molecule has 13 rings (SSSR count). The maximum atomic E-state index is 14.8. The van der Waals surface area contributed by atoms with E-state index in [9.17, 15) is 60.8 Å². The summed E-state index contributed by atoms with van der Waals surface area (Å²) in [6, 6.07) is 39.6. The topological polar surface area (TPSA) is 243 Å². The number of fused-ring (bicyclic) bond motifs is 6. The summed E-state index contributed by atoms with van der Waals surface area (Å²) in [5, 5.41) is 43.9. The molecule has 7 heterocycles. The molecule has 3 fully saturated rings. The Labute approximate surface area is 618 Å². The van der Waals surface area contributed by atoms with E-state index in [0.717, 1.165) is 44.2 Å². The standard InChI is InChI=1S/C42H50F3N5O5.C39H46F3N5O5/c1-40(2,36-23-30-24-46-16-14-34(30)54-36)49-19-18-48(33(26-49)38(52)47-17-15-42(43,44)45)25-31(51)21-29(20-27-10-6-5-7-11-27)39(53)50-37-32-13-9-8-12-28(32)22-35(37)55-41(50,3)4;1-38(2,34-21-28-22-43-14-12-33(28)52-34)47-17-16-46(31(24-47)37(51)44-15-13-39(40,41)42)23-29(48)19-27(18-25-8-4-3-5-9-25)36(50)45-35-30-11-7-6-10-26(30)20-32(35)49/h5-14,16,23-24,29,31,33,35,37,51H,15,17-22,25-26H2,1-4H3,(H,47,52);3-12,14,21-22,27,29,31-32,35,48-49H,13,15-20,23-24H2,1-2H3,(H,44,51)(H,45,50)/t29-,31+,33+,35-,37+;27-,29+,31+,32-,35+/m11/s1. The van der Waals surface area contributed by atoms with Gasteiger partial charge in [0, 0.05) is 126 Å². The lowest BCUT2D eigenvalue weighted by Crippen LogP contribution is -2.63. The van der Waals surface area contributed by atoms with Crippen molar-refractivity contribution < 1.29 is 74.4 Å². The maximum absolute atomic E-state index is 14.8. The maximum Gasteiger partial charge on any atom is 0.390 e. The van der Waals surface area contributed by atoms with Crippen LogP contribution in [0, 0.1) is 11.8 Å². The van der Waals surface area contributed by atoms with Gasteiger partial charge in [0.25, 0.3) is 0 Å². The number of nitrogens with zero attached hydrogens (tertiary/aromatic N) is 7. The molecule has 10 atom stereocenters. The van der Waals surface area contributed by atoms with Gasteiger partial charge in [0.2, 0.25) is 23.6 Å². The zero-order valence-electron chi connectivity index (χ0n) is 61.1. The number of aromatic nitrogens is 2. The van der Waals surface area contributed by atoms with Crippen LogP contribution in [0.1, 0.15) is 124 Å². The van der Waals surface area contributed by atoms with Gasteiger partial charge in [0.05, 0.1) is 60.4 Å². The Morgan fingerprint density at radius 1 is 0.589 bits per heavy atom. The summed E-state index contributed by atoms with van der Waals surface area (Å²) in [4.78, 5) is 74.0. The van der Waals surface area contributed by atoms with Gasteiger partial charge in [-0.15, -0.1) is 0 Å². The van der Waals surface area contributed by atoms with Crippen LogP contribution in [0.15, 0.2) is 167 Å². The number of pyridine rings is 2. The molecule has 0 spiro atoms. The van der Waals surface area contributed by atoms with Crippen LogP contribution in [0.3, 0.4) is 0 Å². The number of β-amino-alcohol motifs (C(OH)–C–C–N with tert-alkyl or cyclic N) is 2. The van der Waals surface area contributed by atoms with Crippen LogP contribution in [-0.2, 0) is 60.7 Å². The number of benzene rings is 4. The van der Waals surface area contributed by atoms with E-state index >= 15 is 0 Å². The van der Waals surface area contributed by atoms with Crippen molar-refractivity contribution in [1.29, 1.82) is 0 Å². The molecule has 5 aliphatic rings. The number of furan rings is 2. The largest absolute Gasteiger partial charge is 0.459 e. The van der Waals surface area contributed by atoms with E-state index < -0.39 is 115 Å². The molecule has 4 amide bonds. The zero-order valence-corrected chi connectivity index (χ0v) is 61.1. The van der Waals surface area contributed by atoms with Gasteiger partial charge in [-0.2, -0.15) is 26.3 Å². The highest BCUT2D eigenvalue weighted by atomic mass is 19.4. The second-order valence-corrected chi connectivity index (χ2v) is 30.6. The van der Waals surface area contributed by atoms with E-state index in [4.69, 9.17) is 13.6 Å². The van der Waals surface area contributed by atoms with Gasteiger partial charge < -0.3 is 49.7 Å². The summed E-state index contributed by atoms with van der Waals surface area (Å²) < 4.78 is 97.1. The van der Waals surface area contributed by atoms with E-state index in [-0.39, 0.29) is 63.0 Å². The number of alkyl halides is 6. The van der Waals surface area contributed by atoms with Crippen molar-refractivity contribution in [3.05, 3.63) is 203 Å². The predicted octanol–water partition coefficient (Wildman–Crippen LogP) is 10.5. The van der Waals surface area contributed by atoms with Gasteiger partial charge in [-0.1, -0.05) is 109 Å². The minimum absolute atomic E-state index is 0.0232. The Balaban J connectivity index is 0.000000201. The lowest BCUT2D eigenvalue weighted by molar-refractivity contribution is -0.154. The van der Waals surface area contributed by atoms with E-state index in [1.807, 2.05) is 161 Å². The second-order valence-electron chi connectivity index (χ2n) is 30.6. The minimum atomic E-state index is -4.43. The number of hydrogen-bond donors (Lipinski definition) is 6. The van der Waals surface area contributed by atoms with Gasteiger partial charge in [0.15, 0.2) is 0 Å². The first-order valence-electron chi connectivity index (χ1n) is 36.8. The van der Waals surface area contributed by atoms with Gasteiger partial charge in [-0.3, -0.25) is 48.7 Å². The Morgan fingerprint density at radius 3 is 1.52 bits per heavy atom. The third-order valence-corrected chi connectivity index (χ3v) is 22.0. The Morgan fingerprint density at radius 2 is 1.04 bits per heavy atom. The smallest absolute Gasteiger partial charge is 0.390 e. The van der Waals surface area contributed by atoms with Crippen molar-refractivity contribution in [2.24, 2.45) is 11.8 Å². The van der Waals surface area contributed by atoms with Gasteiger partial charge >= 0.3 is 12.4 Å². The average Bonchev–Trinajstić information content (AvgIpc) is 1.57. The molecule has 107 heavy (non-hydrogen) atoms. The number of nitrogens with one attached hydrogen (secondary N) is 3. The number of carbonyl (C=O) groups excluding carboxylic acids is 4. The number of aliphatic hydroxyl groups excluding tert-OH is 3. The monoisotopic (exact) mass is 1480 g/mol. The van der Waals surface area contributed by atoms with Crippen LogP contribution < -0.4 is 16.0 Å². The molecule has 4 aromatic heterocycles. The first-order chi connectivity index (χ1) is 50.9. The number of hydrogen-bond acceptors (Lipinski definition) is 16. The molecule has 2 aliphatic carbocycles. The first kappa shape index (κ1) is 78.0. The van der Waals surface area contributed by atoms with Crippen LogP contribution in [-0.4, -0.2) is 193 Å². The lowest BCUT2D eigenvalue weighted by atomic mass is 9.90. The Kier molecular flexibility index (Phi) is 23.8. The minimum Gasteiger partial charge on any atom is -0.459 e. The Bertz CT molecular complexity index is 4300. The zero-order chi connectivity index (χ0) is 76.2. The SMILES string of the molecule is CC(C)(c1cc2cnccc2o1)N1CCN(C[C@@H](O)C[C@@H](Cc2ccccc2)C(=O)N[C@H]2c3ccccc3C[C@H]2O)[C@H](C(=O)NCCC(F)(F)F)C1.CC1(C)O[C@@H]2Cc3ccccc3[C@@H]2N1C(=O)[C@H](Cc1ccccc1)C[C@H](O)CN1CCN(C(C)(C)c2cc3cnccc3o2)C[C@H]1C(=O)NCCC(F)(F)F. The first-order valence-corrected chi connectivity index (χ1v) is 36.8. The second kappa shape index (κ2) is 32.7. The van der Waals surface area contributed by atoms with Crippen LogP contribution in [0.25, 0.3) is 21.9 Å². The molecule has 8 aromatic rings. The van der Waals surface area contributed by atoms with Crippen molar-refractivity contribution in [3.8, 4) is 0 Å². The highest BCUT2D eigenvalue weighted by Gasteiger charge is 2.55. The molecule has 0 unspecified atom stereocenters. The van der Waals surface area contributed by atoms with Crippen LogP contribution >= 0.6 is 0 Å². The van der Waals surface area contributed by atoms with E-state index in [2.05, 4.69) is 47.9 Å². The summed E-state index contributed by atoms with van der Waals surface area (Å²) in [6.45, 7) is 12.7. The highest BCUT2D eigenvalue weighted by Crippen LogP contribution is 2.49. The van der Waals surface area contributed by atoms with Crippen molar-refractivity contribution in [3.63, 3.8) is 0 Å². The quantitative estimate of drug-likeness (QED) is 0.0292. The lowest BCUT2D eigenvalue weighted by Gasteiger charge is -2.47. The van der Waals surface area contributed by atoms with Crippen molar-refractivity contribution >= 4 is 45.6 Å². The van der Waals surface area contributed by atoms with Gasteiger partial charge in [-0.25, -0.2) is 0 Å². The molecule has 3 aliphatic heterocycles. The third kappa shape index (κ3) is 18.6. The predicted molar refractivity (Wildman–Crippen MR) is 390 cm³/mol. The van der Waals surface area contributed by atoms with Crippen LogP contribution in [0.2, 0.25) is 0 Å². The van der Waals surface area contributed by atoms with E-state index in [0.29, 0.717) is 74.5 Å². The fourth-order valence-electron chi connectivity index (χ4n) is 16.2. The molecule has 4 aromatic carbocycles. The number of piperazine rings is 2. The molecular formula is C81H96F6N10O10. The summed E-state index contributed by atoms with van der Waals surface area (Å²) in [7, 11) is 0. The summed E-state index contributed by atoms with van der Waals surface area (Å²) in [6.07, 6.45) is -5.44. The number of halogens is 6. The molecule has 572 valence electrons. The van der Waals surface area contributed by atoms with Crippen molar-refractivity contribution in [1.82, 2.24) is 50.4 Å². The molecule has 0 bridgehead atoms. The van der Waals surface area contributed by atoms with E-state index in [1.54, 1.807) is 41.8 Å². The fourth-order valence-corrected chi connectivity index (χ4v) is 16.2. The fraction of sp³-hybridized carbons (Fsp3) is 0.481. The molecule has 26 heteroatoms. The molecule has 0 radical (unpaired) electrons. The summed E-state index contributed by atoms with van der Waals surface area (Å²) >= 11 is 0.